The van der Waals surface area contributed by atoms with Crippen LogP contribution >= 0.6 is 0 Å². The van der Waals surface area contributed by atoms with E-state index < -0.39 is 11.9 Å². The molecule has 0 aromatic rings. The fraction of sp³-hybridized carbons (Fsp3) is 0.333. The number of aliphatic carboxylic acids is 1. The van der Waals surface area contributed by atoms with Crippen LogP contribution in [0.3, 0.4) is 0 Å². The number of carboxylic acid groups (broad SMARTS) is 1. The van der Waals surface area contributed by atoms with Crippen molar-refractivity contribution in [2.75, 3.05) is 13.1 Å². The van der Waals surface area contributed by atoms with Gasteiger partial charge in [0.2, 0.25) is 0 Å². The van der Waals surface area contributed by atoms with E-state index in [4.69, 9.17) is 5.11 Å². The summed E-state index contributed by atoms with van der Waals surface area (Å²) >= 11 is 0. The number of allylic oxidation sites excluding steroid dienone is 1. The normalized spacial score (nSPS) is 11.7. The monoisotopic (exact) mass is 236 g/mol. The van der Waals surface area contributed by atoms with Crippen LogP contribution < -0.4 is 61.8 Å². The fourth-order valence-electron chi connectivity index (χ4n) is 0.627. The van der Waals surface area contributed by atoms with Gasteiger partial charge in [0.25, 0.3) is 0 Å². The summed E-state index contributed by atoms with van der Waals surface area (Å²) in [5.41, 5.74) is 0. The van der Waals surface area contributed by atoms with Gasteiger partial charge in [-0.25, -0.2) is 4.79 Å². The van der Waals surface area contributed by atoms with Gasteiger partial charge in [0, 0.05) is 12.6 Å². The van der Waals surface area contributed by atoms with E-state index in [1.807, 2.05) is 13.0 Å². The second-order valence-corrected chi connectivity index (χ2v) is 2.35. The third kappa shape index (κ3) is 13.9. The van der Waals surface area contributed by atoms with E-state index in [1.165, 1.54) is 0 Å². The number of rotatable bonds is 6. The first kappa shape index (κ1) is 17.3. The molecule has 0 heterocycles. The molecular weight excluding hydrogens is 223 g/mol. The summed E-state index contributed by atoms with van der Waals surface area (Å²) in [5.74, 6) is -1.68. The van der Waals surface area contributed by atoms with Crippen LogP contribution in [0.2, 0.25) is 0 Å². The second kappa shape index (κ2) is 11.9. The Morgan fingerprint density at radius 1 is 1.53 bits per heavy atom. The third-order valence-electron chi connectivity index (χ3n) is 1.18. The molecule has 5 nitrogen and oxygen atoms in total. The molecule has 2 N–H and O–H groups in total. The summed E-state index contributed by atoms with van der Waals surface area (Å²) in [7, 11) is 0. The Kier molecular flexibility index (Phi) is 13.7. The first-order chi connectivity index (χ1) is 6.66. The van der Waals surface area contributed by atoms with Gasteiger partial charge in [-0.1, -0.05) is 6.08 Å². The predicted octanol–water partition coefficient (Wildman–Crippen LogP) is -3.49. The number of carbonyl (C=O) groups is 1. The molecule has 0 atom stereocenters. The first-order valence-corrected chi connectivity index (χ1v) is 4.14. The van der Waals surface area contributed by atoms with Crippen LogP contribution in [-0.4, -0.2) is 30.1 Å². The van der Waals surface area contributed by atoms with Crippen LogP contribution in [-0.2, 0) is 4.79 Å². The summed E-state index contributed by atoms with van der Waals surface area (Å²) in [6.45, 7) is 2.75. The average molecular weight is 236 g/mol. The van der Waals surface area contributed by atoms with Gasteiger partial charge in [0.05, 0.1) is 6.54 Å². The van der Waals surface area contributed by atoms with Crippen LogP contribution in [0.4, 0.5) is 0 Å². The minimum Gasteiger partial charge on any atom is -0.859 e. The van der Waals surface area contributed by atoms with Crippen LogP contribution in [0, 0.1) is 0 Å². The Morgan fingerprint density at radius 2 is 2.20 bits per heavy atom. The number of hydrogen-bond donors (Lipinski definition) is 2. The molecule has 6 heteroatoms. The van der Waals surface area contributed by atoms with Gasteiger partial charge in [-0.05, 0) is 25.1 Å². The number of nitrogens with zero attached hydrogens (tertiary/aromatic N) is 1. The molecule has 0 aromatic carbocycles. The number of hydrogen-bond acceptors (Lipinski definition) is 4. The molecule has 0 aliphatic heterocycles. The van der Waals surface area contributed by atoms with Gasteiger partial charge in [-0.3, -0.25) is 4.99 Å². The van der Waals surface area contributed by atoms with Crippen molar-refractivity contribution in [1.82, 2.24) is 5.32 Å². The quantitative estimate of drug-likeness (QED) is 0.165. The smallest absolute Gasteiger partial charge is 0.859 e. The Labute approximate surface area is 131 Å². The van der Waals surface area contributed by atoms with E-state index in [-0.39, 0.29) is 51.4 Å². The average Bonchev–Trinajstić information content (AvgIpc) is 2.14. The van der Waals surface area contributed by atoms with E-state index in [2.05, 4.69) is 10.3 Å². The summed E-state index contributed by atoms with van der Waals surface area (Å²) in [5, 5.41) is 21.9. The molecule has 0 radical (unpaired) electrons. The maximum Gasteiger partial charge on any atom is 1.00 e. The maximum atomic E-state index is 10.8. The topological polar surface area (TPSA) is 84.8 Å². The molecule has 0 saturated carbocycles. The van der Waals surface area contributed by atoms with E-state index in [1.54, 1.807) is 6.20 Å². The van der Waals surface area contributed by atoms with Crippen molar-refractivity contribution in [1.29, 1.82) is 0 Å². The standard InChI is InChI=1S/C9H14N2O3.K/c1-2-5-10-6-7-11-8(12)3-4-9(13)14;/h2-5,10H,6-7H2,1H3,(H,11,12)(H,13,14);/q;+1/p-1/b4-3+,5-2+;. The molecule has 15 heavy (non-hydrogen) atoms. The molecule has 0 amide bonds. The van der Waals surface area contributed by atoms with Crippen LogP contribution in [0.5, 0.6) is 0 Å². The summed E-state index contributed by atoms with van der Waals surface area (Å²) in [4.78, 5) is 13.6. The zero-order chi connectivity index (χ0) is 10.8. The number of aliphatic imine (C=N–C) groups is 1. The predicted molar refractivity (Wildman–Crippen MR) is 51.9 cm³/mol. The molecule has 0 rings (SSSR count). The van der Waals surface area contributed by atoms with Gasteiger partial charge >= 0.3 is 57.4 Å². The van der Waals surface area contributed by atoms with E-state index in [9.17, 15) is 9.90 Å². The summed E-state index contributed by atoms with van der Waals surface area (Å²) in [6.07, 6.45) is 5.27. The van der Waals surface area contributed by atoms with Crippen LogP contribution in [0.25, 0.3) is 0 Å². The Balaban J connectivity index is 0. The Morgan fingerprint density at radius 3 is 2.73 bits per heavy atom. The van der Waals surface area contributed by atoms with E-state index in [0.717, 1.165) is 12.2 Å². The fourth-order valence-corrected chi connectivity index (χ4v) is 0.627. The van der Waals surface area contributed by atoms with Gasteiger partial charge in [-0.2, -0.15) is 0 Å². The molecule has 0 aliphatic rings. The van der Waals surface area contributed by atoms with Crippen LogP contribution in [0.15, 0.2) is 29.4 Å². The van der Waals surface area contributed by atoms with Crippen molar-refractivity contribution in [2.24, 2.45) is 4.99 Å². The first-order valence-electron chi connectivity index (χ1n) is 4.14. The zero-order valence-electron chi connectivity index (χ0n) is 8.93. The van der Waals surface area contributed by atoms with E-state index >= 15 is 0 Å². The minimum atomic E-state index is -1.15. The third-order valence-corrected chi connectivity index (χ3v) is 1.18. The largest absolute Gasteiger partial charge is 1.00 e. The van der Waals surface area contributed by atoms with Gasteiger partial charge in [0.1, 0.15) is 0 Å². The summed E-state index contributed by atoms with van der Waals surface area (Å²) < 4.78 is 0. The number of nitrogens with one attached hydrogen (secondary N) is 1. The zero-order valence-corrected chi connectivity index (χ0v) is 12.1. The molecular formula is C9H13KN2O3. The molecule has 0 unspecified atom stereocenters. The van der Waals surface area contributed by atoms with Crippen molar-refractivity contribution < 1.29 is 66.4 Å². The van der Waals surface area contributed by atoms with Crippen molar-refractivity contribution in [2.45, 2.75) is 6.92 Å². The Hall–Kier alpha value is -0.144. The molecule has 0 fully saturated rings. The molecule has 0 spiro atoms. The SMILES string of the molecule is C/C=C/NCCN=C([O-])/C=C/C(=O)O.[K+]. The van der Waals surface area contributed by atoms with Crippen molar-refractivity contribution in [3.8, 4) is 0 Å². The van der Waals surface area contributed by atoms with Crippen molar-refractivity contribution in [3.63, 3.8) is 0 Å². The summed E-state index contributed by atoms with van der Waals surface area (Å²) in [6, 6.07) is 0. The van der Waals surface area contributed by atoms with Gasteiger partial charge in [0.15, 0.2) is 0 Å². The molecule has 0 aliphatic carbocycles. The maximum absolute atomic E-state index is 10.8. The van der Waals surface area contributed by atoms with E-state index in [0.29, 0.717) is 13.1 Å². The Bertz CT molecular complexity index is 262. The number of carboxylic acids is 1. The minimum absolute atomic E-state index is 0. The molecule has 0 bridgehead atoms. The molecule has 0 saturated heterocycles. The second-order valence-electron chi connectivity index (χ2n) is 2.35. The van der Waals surface area contributed by atoms with Gasteiger partial charge in [-0.15, -0.1) is 0 Å². The molecule has 78 valence electrons. The van der Waals surface area contributed by atoms with Crippen LogP contribution in [0.1, 0.15) is 6.92 Å². The molecule has 0 aromatic heterocycles. The van der Waals surface area contributed by atoms with Gasteiger partial charge < -0.3 is 15.5 Å². The van der Waals surface area contributed by atoms with Crippen molar-refractivity contribution >= 4 is 11.9 Å². The van der Waals surface area contributed by atoms with Crippen molar-refractivity contribution in [3.05, 3.63) is 24.4 Å².